The molecule has 0 spiro atoms. The predicted octanol–water partition coefficient (Wildman–Crippen LogP) is 3.40. The molecule has 30 heavy (non-hydrogen) atoms. The molecule has 1 aromatic heterocycles. The molecule has 0 aliphatic heterocycles. The molecule has 0 fully saturated rings. The molecule has 0 unspecified atom stereocenters. The molecule has 0 saturated carbocycles. The maximum atomic E-state index is 13.7. The van der Waals surface area contributed by atoms with E-state index in [4.69, 9.17) is 0 Å². The fraction of sp³-hybridized carbons (Fsp3) is 0.200. The zero-order chi connectivity index (χ0) is 21.9. The summed E-state index contributed by atoms with van der Waals surface area (Å²) in [6.07, 6.45) is -4.02. The summed E-state index contributed by atoms with van der Waals surface area (Å²) in [5, 5.41) is 6.00. The van der Waals surface area contributed by atoms with Crippen LogP contribution in [0.15, 0.2) is 65.7 Å². The first-order chi connectivity index (χ1) is 14.1. The monoisotopic (exact) mass is 437 g/mol. The molecular weight excluding hydrogens is 419 g/mol. The minimum atomic E-state index is -4.85. The summed E-state index contributed by atoms with van der Waals surface area (Å²) < 4.78 is 66.3. The van der Waals surface area contributed by atoms with Crippen molar-refractivity contribution in [2.75, 3.05) is 12.3 Å². The van der Waals surface area contributed by atoms with Crippen LogP contribution in [-0.2, 0) is 16.0 Å². The minimum Gasteiger partial charge on any atom is -0.351 e. The average Bonchev–Trinajstić information content (AvgIpc) is 3.14. The number of carbonyl (C=O) groups is 1. The van der Waals surface area contributed by atoms with Gasteiger partial charge in [-0.2, -0.15) is 18.3 Å². The molecule has 0 aliphatic rings. The summed E-state index contributed by atoms with van der Waals surface area (Å²) in [5.74, 6) is -1.50. The first kappa shape index (κ1) is 21.6. The van der Waals surface area contributed by atoms with E-state index >= 15 is 0 Å². The van der Waals surface area contributed by atoms with Gasteiger partial charge in [-0.1, -0.05) is 36.4 Å². The second kappa shape index (κ2) is 8.31. The molecule has 2 aromatic carbocycles. The SMILES string of the molecule is Cc1ccccc1-n1ncc(C(=O)NCCS(=O)(=O)c2ccccc2)c1C(F)(F)F. The van der Waals surface area contributed by atoms with Crippen LogP contribution in [0.2, 0.25) is 0 Å². The van der Waals surface area contributed by atoms with Crippen LogP contribution in [0.3, 0.4) is 0 Å². The van der Waals surface area contributed by atoms with Gasteiger partial charge in [0.1, 0.15) is 0 Å². The van der Waals surface area contributed by atoms with E-state index in [0.717, 1.165) is 6.20 Å². The van der Waals surface area contributed by atoms with Crippen LogP contribution in [-0.4, -0.2) is 36.4 Å². The van der Waals surface area contributed by atoms with E-state index in [2.05, 4.69) is 10.4 Å². The molecule has 1 N–H and O–H groups in total. The van der Waals surface area contributed by atoms with E-state index in [-0.39, 0.29) is 17.1 Å². The van der Waals surface area contributed by atoms with Crippen molar-refractivity contribution in [3.8, 4) is 5.69 Å². The van der Waals surface area contributed by atoms with Gasteiger partial charge in [-0.3, -0.25) is 4.79 Å². The first-order valence-corrected chi connectivity index (χ1v) is 10.5. The Bertz CT molecular complexity index is 1160. The molecule has 158 valence electrons. The number of nitrogens with zero attached hydrogens (tertiary/aromatic N) is 2. The number of rotatable bonds is 6. The average molecular weight is 437 g/mol. The molecule has 0 saturated heterocycles. The Balaban J connectivity index is 1.82. The summed E-state index contributed by atoms with van der Waals surface area (Å²) in [4.78, 5) is 12.5. The standard InChI is InChI=1S/C20H18F3N3O3S/c1-14-7-5-6-10-17(14)26-18(20(21,22)23)16(13-25-26)19(27)24-11-12-30(28,29)15-8-3-2-4-9-15/h2-10,13H,11-12H2,1H3,(H,24,27). The van der Waals surface area contributed by atoms with Gasteiger partial charge in [0, 0.05) is 6.54 Å². The molecule has 0 atom stereocenters. The van der Waals surface area contributed by atoms with Crippen LogP contribution >= 0.6 is 0 Å². The lowest BCUT2D eigenvalue weighted by Crippen LogP contribution is -2.31. The fourth-order valence-electron chi connectivity index (χ4n) is 2.91. The highest BCUT2D eigenvalue weighted by Gasteiger charge is 2.40. The van der Waals surface area contributed by atoms with Crippen LogP contribution in [0.25, 0.3) is 5.69 Å². The van der Waals surface area contributed by atoms with Crippen molar-refractivity contribution in [1.82, 2.24) is 15.1 Å². The zero-order valence-electron chi connectivity index (χ0n) is 15.8. The third kappa shape index (κ3) is 4.54. The number of aryl methyl sites for hydroxylation is 1. The second-order valence-electron chi connectivity index (χ2n) is 6.49. The van der Waals surface area contributed by atoms with Gasteiger partial charge in [0.15, 0.2) is 15.5 Å². The first-order valence-electron chi connectivity index (χ1n) is 8.88. The highest BCUT2D eigenvalue weighted by molar-refractivity contribution is 7.91. The Morgan fingerprint density at radius 1 is 1.07 bits per heavy atom. The van der Waals surface area contributed by atoms with Gasteiger partial charge < -0.3 is 5.32 Å². The highest BCUT2D eigenvalue weighted by atomic mass is 32.2. The Kier molecular flexibility index (Phi) is 5.97. The molecule has 0 aliphatic carbocycles. The summed E-state index contributed by atoms with van der Waals surface area (Å²) in [6.45, 7) is 1.29. The summed E-state index contributed by atoms with van der Waals surface area (Å²) in [7, 11) is -3.68. The van der Waals surface area contributed by atoms with Gasteiger partial charge in [-0.15, -0.1) is 0 Å². The van der Waals surface area contributed by atoms with Crippen LogP contribution in [0.4, 0.5) is 13.2 Å². The smallest absolute Gasteiger partial charge is 0.351 e. The van der Waals surface area contributed by atoms with E-state index in [9.17, 15) is 26.4 Å². The number of halogens is 3. The molecular formula is C20H18F3N3O3S. The minimum absolute atomic E-state index is 0.0719. The van der Waals surface area contributed by atoms with Crippen LogP contribution in [0.1, 0.15) is 21.6 Å². The van der Waals surface area contributed by atoms with Gasteiger partial charge in [-0.25, -0.2) is 13.1 Å². The van der Waals surface area contributed by atoms with Crippen LogP contribution in [0, 0.1) is 6.92 Å². The molecule has 10 heteroatoms. The number of aromatic nitrogens is 2. The summed E-state index contributed by atoms with van der Waals surface area (Å²) in [5.41, 5.74) is -1.16. The lowest BCUT2D eigenvalue weighted by Gasteiger charge is -2.14. The third-order valence-electron chi connectivity index (χ3n) is 4.38. The predicted molar refractivity (Wildman–Crippen MR) is 104 cm³/mol. The van der Waals surface area contributed by atoms with Gasteiger partial charge in [0.2, 0.25) is 0 Å². The Morgan fingerprint density at radius 3 is 2.33 bits per heavy atom. The second-order valence-corrected chi connectivity index (χ2v) is 8.60. The Morgan fingerprint density at radius 2 is 1.70 bits per heavy atom. The maximum absolute atomic E-state index is 13.7. The number of hydrogen-bond acceptors (Lipinski definition) is 4. The number of hydrogen-bond donors (Lipinski definition) is 1. The normalized spacial score (nSPS) is 12.0. The zero-order valence-corrected chi connectivity index (χ0v) is 16.7. The third-order valence-corrected chi connectivity index (χ3v) is 6.12. The van der Waals surface area contributed by atoms with E-state index in [0.29, 0.717) is 10.2 Å². The Hall–Kier alpha value is -3.14. The quantitative estimate of drug-likeness (QED) is 0.641. The molecule has 3 rings (SSSR count). The molecule has 1 heterocycles. The molecule has 3 aromatic rings. The number of carbonyl (C=O) groups excluding carboxylic acids is 1. The van der Waals surface area contributed by atoms with Crippen molar-refractivity contribution < 1.29 is 26.4 Å². The topological polar surface area (TPSA) is 81.1 Å². The number of nitrogens with one attached hydrogen (secondary N) is 1. The van der Waals surface area contributed by atoms with Gasteiger partial charge >= 0.3 is 6.18 Å². The molecule has 1 amide bonds. The van der Waals surface area contributed by atoms with Crippen molar-refractivity contribution in [2.24, 2.45) is 0 Å². The Labute approximate surface area is 171 Å². The summed E-state index contributed by atoms with van der Waals surface area (Å²) in [6, 6.07) is 13.9. The highest BCUT2D eigenvalue weighted by Crippen LogP contribution is 2.34. The van der Waals surface area contributed by atoms with Crippen molar-refractivity contribution in [3.05, 3.63) is 77.6 Å². The number of para-hydroxylation sites is 1. The lowest BCUT2D eigenvalue weighted by molar-refractivity contribution is -0.143. The molecule has 0 radical (unpaired) electrons. The van der Waals surface area contributed by atoms with Crippen molar-refractivity contribution in [2.45, 2.75) is 18.0 Å². The number of benzene rings is 2. The number of amides is 1. The van der Waals surface area contributed by atoms with Crippen LogP contribution in [0.5, 0.6) is 0 Å². The van der Waals surface area contributed by atoms with E-state index in [1.54, 1.807) is 43.3 Å². The number of alkyl halides is 3. The van der Waals surface area contributed by atoms with Gasteiger partial charge in [0.05, 0.1) is 28.1 Å². The largest absolute Gasteiger partial charge is 0.434 e. The molecule has 0 bridgehead atoms. The van der Waals surface area contributed by atoms with E-state index in [1.807, 2.05) is 0 Å². The summed E-state index contributed by atoms with van der Waals surface area (Å²) >= 11 is 0. The van der Waals surface area contributed by atoms with Crippen molar-refractivity contribution in [1.29, 1.82) is 0 Å². The fourth-order valence-corrected chi connectivity index (χ4v) is 4.09. The van der Waals surface area contributed by atoms with Crippen molar-refractivity contribution in [3.63, 3.8) is 0 Å². The maximum Gasteiger partial charge on any atom is 0.434 e. The van der Waals surface area contributed by atoms with Gasteiger partial charge in [0.25, 0.3) is 5.91 Å². The van der Waals surface area contributed by atoms with E-state index in [1.165, 1.54) is 18.2 Å². The lowest BCUT2D eigenvalue weighted by atomic mass is 10.1. The van der Waals surface area contributed by atoms with Gasteiger partial charge in [-0.05, 0) is 30.7 Å². The number of sulfone groups is 1. The van der Waals surface area contributed by atoms with E-state index < -0.39 is 38.9 Å². The van der Waals surface area contributed by atoms with Crippen molar-refractivity contribution >= 4 is 15.7 Å². The molecule has 6 nitrogen and oxygen atoms in total. The van der Waals surface area contributed by atoms with Crippen LogP contribution < -0.4 is 5.32 Å².